The fourth-order valence-electron chi connectivity index (χ4n) is 2.29. The molecule has 1 aliphatic rings. The van der Waals surface area contributed by atoms with Crippen LogP contribution in [0.5, 0.6) is 0 Å². The molecule has 18 heavy (non-hydrogen) atoms. The van der Waals surface area contributed by atoms with Crippen LogP contribution >= 0.6 is 40.7 Å². The van der Waals surface area contributed by atoms with E-state index in [9.17, 15) is 4.79 Å². The topological polar surface area (TPSA) is 30.0 Å². The summed E-state index contributed by atoms with van der Waals surface area (Å²) < 4.78 is 0. The van der Waals surface area contributed by atoms with Gasteiger partial charge in [-0.2, -0.15) is 0 Å². The van der Waals surface area contributed by atoms with E-state index in [0.29, 0.717) is 11.6 Å². The van der Waals surface area contributed by atoms with Gasteiger partial charge in [-0.1, -0.05) is 41.3 Å². The van der Waals surface area contributed by atoms with E-state index in [2.05, 4.69) is 20.9 Å². The maximum Gasteiger partial charge on any atom is 0.195 e. The summed E-state index contributed by atoms with van der Waals surface area (Å²) in [6.07, 6.45) is 7.81. The number of carbonyl (C=O) groups excluding carboxylic acids is 1. The van der Waals surface area contributed by atoms with Crippen molar-refractivity contribution in [1.29, 1.82) is 0 Å². The number of hydrogen-bond donors (Lipinski definition) is 0. The molecule has 5 heteroatoms. The molecular weight excluding hydrogens is 337 g/mol. The lowest BCUT2D eigenvalue weighted by Gasteiger charge is -2.25. The van der Waals surface area contributed by atoms with E-state index < -0.39 is 0 Å². The predicted octanol–water partition coefficient (Wildman–Crippen LogP) is 4.45. The second-order valence-electron chi connectivity index (χ2n) is 4.38. The average Bonchev–Trinajstić information content (AvgIpc) is 2.39. The fourth-order valence-corrected chi connectivity index (χ4v) is 3.05. The summed E-state index contributed by atoms with van der Waals surface area (Å²) >= 11 is 3.55. The standard InChI is InChI=1S/C13H16BrNO.2ClH/c14-12(10-6-2-1-3-7-10)13(16)11-8-4-5-9-15-11;;/h4-5,8-10,12H,1-3,6-7H2;2*1H. The van der Waals surface area contributed by atoms with Crippen molar-refractivity contribution in [2.45, 2.75) is 36.9 Å². The zero-order valence-corrected chi connectivity index (χ0v) is 13.3. The number of Topliss-reactive ketones (excluding diaryl/α,β-unsaturated/α-hetero) is 1. The first-order chi connectivity index (χ1) is 7.79. The summed E-state index contributed by atoms with van der Waals surface area (Å²) in [4.78, 5) is 16.2. The van der Waals surface area contributed by atoms with Crippen LogP contribution < -0.4 is 0 Å². The first kappa shape index (κ1) is 17.9. The Kier molecular flexibility index (Phi) is 8.83. The van der Waals surface area contributed by atoms with Crippen molar-refractivity contribution in [1.82, 2.24) is 4.98 Å². The molecular formula is C13H18BrCl2NO. The normalized spacial score (nSPS) is 17.2. The van der Waals surface area contributed by atoms with E-state index in [1.54, 1.807) is 12.3 Å². The second kappa shape index (κ2) is 8.89. The van der Waals surface area contributed by atoms with E-state index >= 15 is 0 Å². The molecule has 2 rings (SSSR count). The summed E-state index contributed by atoms with van der Waals surface area (Å²) in [5.41, 5.74) is 0.579. The van der Waals surface area contributed by atoms with Crippen molar-refractivity contribution in [2.24, 2.45) is 5.92 Å². The third-order valence-electron chi connectivity index (χ3n) is 3.23. The molecule has 0 bridgehead atoms. The average molecular weight is 355 g/mol. The van der Waals surface area contributed by atoms with Gasteiger partial charge in [0, 0.05) is 6.20 Å². The molecule has 1 aliphatic carbocycles. The van der Waals surface area contributed by atoms with Crippen LogP contribution in [0.4, 0.5) is 0 Å². The minimum Gasteiger partial charge on any atom is -0.291 e. The number of halogens is 3. The highest BCUT2D eigenvalue weighted by Gasteiger charge is 2.28. The van der Waals surface area contributed by atoms with Gasteiger partial charge in [-0.3, -0.25) is 9.78 Å². The summed E-state index contributed by atoms with van der Waals surface area (Å²) in [6.45, 7) is 0. The molecule has 0 amide bonds. The summed E-state index contributed by atoms with van der Waals surface area (Å²) in [5, 5.41) is 0. The molecule has 1 saturated carbocycles. The highest BCUT2D eigenvalue weighted by molar-refractivity contribution is 9.10. The van der Waals surface area contributed by atoms with Crippen molar-refractivity contribution < 1.29 is 4.79 Å². The third kappa shape index (κ3) is 4.52. The molecule has 102 valence electrons. The van der Waals surface area contributed by atoms with Gasteiger partial charge in [-0.25, -0.2) is 0 Å². The first-order valence-corrected chi connectivity index (χ1v) is 6.80. The Bertz CT molecular complexity index is 355. The molecule has 0 N–H and O–H groups in total. The van der Waals surface area contributed by atoms with Crippen LogP contribution in [0.1, 0.15) is 42.6 Å². The van der Waals surface area contributed by atoms with Crippen molar-refractivity contribution in [3.05, 3.63) is 30.1 Å². The van der Waals surface area contributed by atoms with Gasteiger partial charge < -0.3 is 0 Å². The number of nitrogens with zero attached hydrogens (tertiary/aromatic N) is 1. The summed E-state index contributed by atoms with van der Waals surface area (Å²) in [7, 11) is 0. The molecule has 0 spiro atoms. The Labute approximate surface area is 129 Å². The lowest BCUT2D eigenvalue weighted by Crippen LogP contribution is -2.26. The number of hydrogen-bond acceptors (Lipinski definition) is 2. The Morgan fingerprint density at radius 2 is 1.89 bits per heavy atom. The van der Waals surface area contributed by atoms with Crippen LogP contribution in [-0.4, -0.2) is 15.6 Å². The van der Waals surface area contributed by atoms with Gasteiger partial charge in [-0.05, 0) is 30.9 Å². The van der Waals surface area contributed by atoms with Crippen LogP contribution in [0.25, 0.3) is 0 Å². The maximum atomic E-state index is 12.1. The number of ketones is 1. The number of pyridine rings is 1. The van der Waals surface area contributed by atoms with Crippen LogP contribution in [0.3, 0.4) is 0 Å². The predicted molar refractivity (Wildman–Crippen MR) is 82.4 cm³/mol. The van der Waals surface area contributed by atoms with Gasteiger partial charge in [-0.15, -0.1) is 24.8 Å². The van der Waals surface area contributed by atoms with Gasteiger partial charge in [0.1, 0.15) is 5.69 Å². The molecule has 1 atom stereocenters. The van der Waals surface area contributed by atoms with E-state index in [0.717, 1.165) is 12.8 Å². The minimum atomic E-state index is -0.0531. The SMILES string of the molecule is Cl.Cl.O=C(c1ccccn1)C(Br)C1CCCCC1. The van der Waals surface area contributed by atoms with Crippen LogP contribution in [0, 0.1) is 5.92 Å². The molecule has 1 unspecified atom stereocenters. The third-order valence-corrected chi connectivity index (χ3v) is 4.39. The largest absolute Gasteiger partial charge is 0.291 e. The zero-order chi connectivity index (χ0) is 11.4. The highest BCUT2D eigenvalue weighted by atomic mass is 79.9. The van der Waals surface area contributed by atoms with Crippen molar-refractivity contribution in [3.8, 4) is 0 Å². The van der Waals surface area contributed by atoms with E-state index in [-0.39, 0.29) is 35.4 Å². The maximum absolute atomic E-state index is 12.1. The molecule has 1 aromatic rings. The zero-order valence-electron chi connectivity index (χ0n) is 10.0. The molecule has 1 heterocycles. The summed E-state index contributed by atoms with van der Waals surface area (Å²) in [5.74, 6) is 0.621. The van der Waals surface area contributed by atoms with Gasteiger partial charge in [0.25, 0.3) is 0 Å². The Morgan fingerprint density at radius 1 is 1.22 bits per heavy atom. The lowest BCUT2D eigenvalue weighted by molar-refractivity contribution is 0.0958. The van der Waals surface area contributed by atoms with E-state index in [4.69, 9.17) is 0 Å². The molecule has 0 radical (unpaired) electrons. The van der Waals surface area contributed by atoms with Gasteiger partial charge in [0.15, 0.2) is 5.78 Å². The second-order valence-corrected chi connectivity index (χ2v) is 5.37. The van der Waals surface area contributed by atoms with Crippen LogP contribution in [-0.2, 0) is 0 Å². The van der Waals surface area contributed by atoms with Crippen molar-refractivity contribution in [3.63, 3.8) is 0 Å². The van der Waals surface area contributed by atoms with Gasteiger partial charge in [0.05, 0.1) is 4.83 Å². The first-order valence-electron chi connectivity index (χ1n) is 5.88. The molecule has 2 nitrogen and oxygen atoms in total. The smallest absolute Gasteiger partial charge is 0.195 e. The lowest BCUT2D eigenvalue weighted by atomic mass is 9.85. The number of rotatable bonds is 3. The molecule has 0 aromatic carbocycles. The van der Waals surface area contributed by atoms with Crippen molar-refractivity contribution in [2.75, 3.05) is 0 Å². The van der Waals surface area contributed by atoms with Crippen LogP contribution in [0.2, 0.25) is 0 Å². The fraction of sp³-hybridized carbons (Fsp3) is 0.538. The molecule has 1 aromatic heterocycles. The van der Waals surface area contributed by atoms with Crippen LogP contribution in [0.15, 0.2) is 24.4 Å². The minimum absolute atomic E-state index is 0. The molecule has 0 saturated heterocycles. The van der Waals surface area contributed by atoms with Gasteiger partial charge >= 0.3 is 0 Å². The number of carbonyl (C=O) groups is 1. The highest BCUT2D eigenvalue weighted by Crippen LogP contribution is 2.31. The molecule has 1 fully saturated rings. The number of aromatic nitrogens is 1. The molecule has 0 aliphatic heterocycles. The van der Waals surface area contributed by atoms with Gasteiger partial charge in [0.2, 0.25) is 0 Å². The monoisotopic (exact) mass is 353 g/mol. The van der Waals surface area contributed by atoms with E-state index in [1.807, 2.05) is 12.1 Å². The Balaban J connectivity index is 0.00000144. The quantitative estimate of drug-likeness (QED) is 0.592. The summed E-state index contributed by atoms with van der Waals surface area (Å²) in [6, 6.07) is 5.49. The van der Waals surface area contributed by atoms with E-state index in [1.165, 1.54) is 19.3 Å². The Morgan fingerprint density at radius 3 is 2.44 bits per heavy atom. The number of alkyl halides is 1. The Hall–Kier alpha value is -0.120. The van der Waals surface area contributed by atoms with Crippen molar-refractivity contribution >= 4 is 46.5 Å².